The normalized spacial score (nSPS) is 11.8. The Morgan fingerprint density at radius 2 is 2.00 bits per heavy atom. The summed E-state index contributed by atoms with van der Waals surface area (Å²) >= 11 is 2.33. The van der Waals surface area contributed by atoms with Crippen LogP contribution in [0.4, 0.5) is 8.78 Å². The van der Waals surface area contributed by atoms with Gasteiger partial charge in [0.1, 0.15) is 12.4 Å². The lowest BCUT2D eigenvalue weighted by molar-refractivity contribution is -0.143. The van der Waals surface area contributed by atoms with Gasteiger partial charge in [0.2, 0.25) is 0 Å². The monoisotopic (exact) mass is 422 g/mol. The van der Waals surface area contributed by atoms with Crippen molar-refractivity contribution in [2.24, 2.45) is 4.99 Å². The number of hydrogen-bond acceptors (Lipinski definition) is 5. The number of fused-ring (bicyclic) bond motifs is 1. The highest BCUT2D eigenvalue weighted by molar-refractivity contribution is 7.98. The van der Waals surface area contributed by atoms with E-state index in [1.165, 1.54) is 16.3 Å². The van der Waals surface area contributed by atoms with Crippen LogP contribution in [0.1, 0.15) is 17.3 Å². The summed E-state index contributed by atoms with van der Waals surface area (Å²) in [6.07, 6.45) is 1.84. The smallest absolute Gasteiger partial charge is 0.326 e. The summed E-state index contributed by atoms with van der Waals surface area (Å²) in [6.45, 7) is 1.47. The molecule has 0 N–H and O–H groups in total. The molecule has 0 bridgehead atoms. The molecule has 0 saturated carbocycles. The van der Waals surface area contributed by atoms with E-state index in [-0.39, 0.29) is 28.2 Å². The molecule has 0 spiro atoms. The van der Waals surface area contributed by atoms with Crippen LogP contribution in [-0.2, 0) is 16.1 Å². The average molecular weight is 422 g/mol. The number of esters is 1. The molecule has 0 aliphatic rings. The van der Waals surface area contributed by atoms with Gasteiger partial charge in [0, 0.05) is 11.0 Å². The fraction of sp³-hybridized carbons (Fsp3) is 0.211. The SMILES string of the molecule is CCOC(=O)Cn1c(=NC(=O)c2ccccc2SC)sc2cc(F)cc(F)c21. The predicted molar refractivity (Wildman–Crippen MR) is 104 cm³/mol. The van der Waals surface area contributed by atoms with Crippen LogP contribution in [0.3, 0.4) is 0 Å². The molecule has 0 fully saturated rings. The minimum atomic E-state index is -0.839. The molecule has 2 aromatic carbocycles. The molecular formula is C19H16F2N2O3S2. The van der Waals surface area contributed by atoms with E-state index in [1.807, 2.05) is 6.26 Å². The minimum Gasteiger partial charge on any atom is -0.465 e. The summed E-state index contributed by atoms with van der Waals surface area (Å²) in [7, 11) is 0. The summed E-state index contributed by atoms with van der Waals surface area (Å²) in [5.74, 6) is -2.73. The van der Waals surface area contributed by atoms with Crippen LogP contribution in [-0.4, -0.2) is 29.3 Å². The number of nitrogens with zero attached hydrogens (tertiary/aromatic N) is 2. The topological polar surface area (TPSA) is 60.7 Å². The van der Waals surface area contributed by atoms with Crippen molar-refractivity contribution >= 4 is 45.2 Å². The fourth-order valence-corrected chi connectivity index (χ4v) is 4.32. The van der Waals surface area contributed by atoms with Gasteiger partial charge in [-0.05, 0) is 31.4 Å². The molecule has 0 aliphatic heterocycles. The van der Waals surface area contributed by atoms with Crippen molar-refractivity contribution in [2.45, 2.75) is 18.4 Å². The first-order valence-corrected chi connectivity index (χ1v) is 10.3. The number of benzene rings is 2. The Kier molecular flexibility index (Phi) is 6.25. The summed E-state index contributed by atoms with van der Waals surface area (Å²) in [4.78, 5) is 29.6. The second-order valence-corrected chi connectivity index (χ2v) is 7.48. The van der Waals surface area contributed by atoms with Gasteiger partial charge in [-0.2, -0.15) is 4.99 Å². The first kappa shape index (κ1) is 20.2. The van der Waals surface area contributed by atoms with Crippen LogP contribution in [0, 0.1) is 11.6 Å². The van der Waals surface area contributed by atoms with Crippen molar-refractivity contribution in [1.82, 2.24) is 4.57 Å². The van der Waals surface area contributed by atoms with Gasteiger partial charge in [-0.3, -0.25) is 9.59 Å². The summed E-state index contributed by atoms with van der Waals surface area (Å²) in [5.41, 5.74) is 0.394. The van der Waals surface area contributed by atoms with E-state index < -0.39 is 23.5 Å². The highest BCUT2D eigenvalue weighted by Gasteiger charge is 2.17. The number of carbonyl (C=O) groups excluding carboxylic acids is 2. The van der Waals surface area contributed by atoms with E-state index in [1.54, 1.807) is 31.2 Å². The maximum atomic E-state index is 14.4. The lowest BCUT2D eigenvalue weighted by Gasteiger charge is -2.06. The van der Waals surface area contributed by atoms with Gasteiger partial charge in [0.25, 0.3) is 5.91 Å². The average Bonchev–Trinajstić information content (AvgIpc) is 2.98. The van der Waals surface area contributed by atoms with Crippen LogP contribution < -0.4 is 4.80 Å². The Morgan fingerprint density at radius 1 is 1.25 bits per heavy atom. The highest BCUT2D eigenvalue weighted by atomic mass is 32.2. The van der Waals surface area contributed by atoms with Crippen LogP contribution >= 0.6 is 23.1 Å². The molecule has 3 aromatic rings. The molecule has 0 radical (unpaired) electrons. The molecule has 1 aromatic heterocycles. The van der Waals surface area contributed by atoms with Crippen molar-refractivity contribution in [3.8, 4) is 0 Å². The number of halogens is 2. The number of thioether (sulfide) groups is 1. The van der Waals surface area contributed by atoms with Crippen LogP contribution in [0.15, 0.2) is 46.3 Å². The molecule has 146 valence electrons. The van der Waals surface area contributed by atoms with Gasteiger partial charge in [-0.15, -0.1) is 11.8 Å². The van der Waals surface area contributed by atoms with E-state index in [9.17, 15) is 18.4 Å². The molecule has 0 atom stereocenters. The second-order valence-electron chi connectivity index (χ2n) is 5.63. The van der Waals surface area contributed by atoms with Gasteiger partial charge in [0.05, 0.1) is 22.4 Å². The number of amides is 1. The van der Waals surface area contributed by atoms with Crippen molar-refractivity contribution < 1.29 is 23.1 Å². The van der Waals surface area contributed by atoms with E-state index in [2.05, 4.69) is 4.99 Å². The number of hydrogen-bond donors (Lipinski definition) is 0. The molecule has 28 heavy (non-hydrogen) atoms. The Morgan fingerprint density at radius 3 is 2.71 bits per heavy atom. The molecule has 0 aliphatic carbocycles. The van der Waals surface area contributed by atoms with Gasteiger partial charge in [0.15, 0.2) is 10.6 Å². The largest absolute Gasteiger partial charge is 0.465 e. The summed E-state index contributed by atoms with van der Waals surface area (Å²) in [6, 6.07) is 8.83. The fourth-order valence-electron chi connectivity index (χ4n) is 2.67. The standard InChI is InChI=1S/C19H16F2N2O3S2/c1-3-26-16(24)10-23-17-13(21)8-11(20)9-15(17)28-19(23)22-18(25)12-6-4-5-7-14(12)27-2/h4-9H,3,10H2,1-2H3. The Bertz CT molecular complexity index is 1120. The zero-order chi connectivity index (χ0) is 20.3. The van der Waals surface area contributed by atoms with Crippen LogP contribution in [0.2, 0.25) is 0 Å². The lowest BCUT2D eigenvalue weighted by Crippen LogP contribution is -2.23. The highest BCUT2D eigenvalue weighted by Crippen LogP contribution is 2.23. The van der Waals surface area contributed by atoms with Gasteiger partial charge >= 0.3 is 5.97 Å². The number of rotatable bonds is 5. The Labute approximate surface area is 167 Å². The van der Waals surface area contributed by atoms with Gasteiger partial charge < -0.3 is 9.30 Å². The molecular weight excluding hydrogens is 406 g/mol. The zero-order valence-corrected chi connectivity index (χ0v) is 16.7. The predicted octanol–water partition coefficient (Wildman–Crippen LogP) is 4.01. The van der Waals surface area contributed by atoms with Crippen molar-refractivity contribution in [1.29, 1.82) is 0 Å². The third-order valence-corrected chi connectivity index (χ3v) is 5.64. The Balaban J connectivity index is 2.18. The first-order chi connectivity index (χ1) is 13.4. The molecule has 0 saturated heterocycles. The lowest BCUT2D eigenvalue weighted by atomic mass is 10.2. The third kappa shape index (κ3) is 4.15. The van der Waals surface area contributed by atoms with Crippen LogP contribution in [0.5, 0.6) is 0 Å². The molecule has 3 rings (SSSR count). The maximum absolute atomic E-state index is 14.4. The van der Waals surface area contributed by atoms with E-state index in [0.29, 0.717) is 5.56 Å². The maximum Gasteiger partial charge on any atom is 0.326 e. The quantitative estimate of drug-likeness (QED) is 0.461. The zero-order valence-electron chi connectivity index (χ0n) is 15.1. The van der Waals surface area contributed by atoms with Crippen molar-refractivity contribution in [3.05, 3.63) is 58.4 Å². The van der Waals surface area contributed by atoms with Crippen LogP contribution in [0.25, 0.3) is 10.2 Å². The van der Waals surface area contributed by atoms with E-state index in [0.717, 1.165) is 28.4 Å². The van der Waals surface area contributed by atoms with E-state index in [4.69, 9.17) is 4.74 Å². The van der Waals surface area contributed by atoms with Gasteiger partial charge in [-0.25, -0.2) is 8.78 Å². The minimum absolute atomic E-state index is 0.00385. The number of aromatic nitrogens is 1. The molecule has 1 heterocycles. The van der Waals surface area contributed by atoms with Crippen molar-refractivity contribution in [3.63, 3.8) is 0 Å². The number of carbonyl (C=O) groups is 2. The third-order valence-electron chi connectivity index (χ3n) is 3.82. The molecule has 9 heteroatoms. The van der Waals surface area contributed by atoms with E-state index >= 15 is 0 Å². The number of ether oxygens (including phenoxy) is 1. The molecule has 0 unspecified atom stereocenters. The summed E-state index contributed by atoms with van der Waals surface area (Å²) < 4.78 is 34.4. The molecule has 1 amide bonds. The first-order valence-electron chi connectivity index (χ1n) is 8.30. The van der Waals surface area contributed by atoms with Crippen molar-refractivity contribution in [2.75, 3.05) is 12.9 Å². The number of thiazole rings is 1. The molecule has 5 nitrogen and oxygen atoms in total. The summed E-state index contributed by atoms with van der Waals surface area (Å²) in [5, 5.41) is 0. The Hall–Kier alpha value is -2.52. The second kappa shape index (κ2) is 8.66. The van der Waals surface area contributed by atoms with Gasteiger partial charge in [-0.1, -0.05) is 23.5 Å².